The molecule has 0 saturated heterocycles. The number of aromatic nitrogens is 1. The lowest BCUT2D eigenvalue weighted by Gasteiger charge is -1.99. The molecule has 0 amide bonds. The van der Waals surface area contributed by atoms with Gasteiger partial charge in [0.25, 0.3) is 0 Å². The number of nitrogens with zero attached hydrogens (tertiary/aromatic N) is 1. The summed E-state index contributed by atoms with van der Waals surface area (Å²) in [5, 5.41) is 1.06. The molecular formula is C17H21NO2S. The SMILES string of the molecule is CCc1ccc(-c2nc(C)c(CCCC(=O)OC)s2)cc1. The standard InChI is InChI=1S/C17H21NO2S/c1-4-13-8-10-14(11-9-13)17-18-12(2)15(21-17)6-5-7-16(19)20-3/h8-11H,4-7H2,1-3H3. The highest BCUT2D eigenvalue weighted by molar-refractivity contribution is 7.15. The van der Waals surface area contributed by atoms with Gasteiger partial charge in [0.15, 0.2) is 0 Å². The first-order valence-electron chi connectivity index (χ1n) is 7.26. The van der Waals surface area contributed by atoms with E-state index in [4.69, 9.17) is 0 Å². The summed E-state index contributed by atoms with van der Waals surface area (Å²) in [4.78, 5) is 17.1. The Morgan fingerprint density at radius 2 is 2.00 bits per heavy atom. The van der Waals surface area contributed by atoms with Gasteiger partial charge in [-0.1, -0.05) is 31.2 Å². The Balaban J connectivity index is 2.05. The van der Waals surface area contributed by atoms with Crippen LogP contribution in [0.3, 0.4) is 0 Å². The summed E-state index contributed by atoms with van der Waals surface area (Å²) in [7, 11) is 1.43. The number of ether oxygens (including phenoxy) is 1. The van der Waals surface area contributed by atoms with E-state index in [1.165, 1.54) is 23.1 Å². The lowest BCUT2D eigenvalue weighted by Crippen LogP contribution is -2.00. The smallest absolute Gasteiger partial charge is 0.305 e. The Hall–Kier alpha value is -1.68. The number of carbonyl (C=O) groups excluding carboxylic acids is 1. The van der Waals surface area contributed by atoms with Gasteiger partial charge in [-0.05, 0) is 31.7 Å². The van der Waals surface area contributed by atoms with E-state index < -0.39 is 0 Å². The van der Waals surface area contributed by atoms with E-state index in [1.54, 1.807) is 11.3 Å². The van der Waals surface area contributed by atoms with Crippen LogP contribution in [0.5, 0.6) is 0 Å². The molecule has 3 nitrogen and oxygen atoms in total. The van der Waals surface area contributed by atoms with Crippen molar-refractivity contribution in [3.8, 4) is 10.6 Å². The molecule has 0 fully saturated rings. The molecule has 0 N–H and O–H groups in total. The molecule has 0 atom stereocenters. The van der Waals surface area contributed by atoms with Gasteiger partial charge in [-0.2, -0.15) is 0 Å². The van der Waals surface area contributed by atoms with Crippen LogP contribution in [0, 0.1) is 6.92 Å². The first-order chi connectivity index (χ1) is 10.1. The van der Waals surface area contributed by atoms with Gasteiger partial charge < -0.3 is 4.74 Å². The van der Waals surface area contributed by atoms with Crippen LogP contribution in [0.2, 0.25) is 0 Å². The summed E-state index contributed by atoms with van der Waals surface area (Å²) in [6.45, 7) is 4.19. The maximum absolute atomic E-state index is 11.1. The molecule has 2 rings (SSSR count). The van der Waals surface area contributed by atoms with Crippen molar-refractivity contribution in [3.05, 3.63) is 40.4 Å². The highest BCUT2D eigenvalue weighted by atomic mass is 32.1. The largest absolute Gasteiger partial charge is 0.469 e. The molecule has 0 bridgehead atoms. The predicted molar refractivity (Wildman–Crippen MR) is 86.6 cm³/mol. The summed E-state index contributed by atoms with van der Waals surface area (Å²) in [5.74, 6) is -0.146. The minimum absolute atomic E-state index is 0.146. The molecule has 0 aliphatic heterocycles. The molecule has 21 heavy (non-hydrogen) atoms. The van der Waals surface area contributed by atoms with Gasteiger partial charge in [-0.15, -0.1) is 11.3 Å². The third-order valence-corrected chi connectivity index (χ3v) is 4.78. The monoisotopic (exact) mass is 303 g/mol. The summed E-state index contributed by atoms with van der Waals surface area (Å²) < 4.78 is 4.66. The molecule has 1 heterocycles. The molecule has 112 valence electrons. The maximum atomic E-state index is 11.1. The second-order valence-electron chi connectivity index (χ2n) is 5.01. The van der Waals surface area contributed by atoms with Gasteiger partial charge in [-0.3, -0.25) is 4.79 Å². The Labute approximate surface area is 130 Å². The fraction of sp³-hybridized carbons (Fsp3) is 0.412. The molecule has 0 unspecified atom stereocenters. The Morgan fingerprint density at radius 3 is 2.62 bits per heavy atom. The molecular weight excluding hydrogens is 282 g/mol. The van der Waals surface area contributed by atoms with E-state index in [-0.39, 0.29) is 5.97 Å². The van der Waals surface area contributed by atoms with E-state index in [0.29, 0.717) is 6.42 Å². The van der Waals surface area contributed by atoms with Crippen LogP contribution in [0.4, 0.5) is 0 Å². The number of methoxy groups -OCH3 is 1. The zero-order valence-electron chi connectivity index (χ0n) is 12.8. The van der Waals surface area contributed by atoms with Gasteiger partial charge >= 0.3 is 5.97 Å². The van der Waals surface area contributed by atoms with E-state index in [9.17, 15) is 4.79 Å². The number of aryl methyl sites for hydroxylation is 3. The molecule has 0 spiro atoms. The van der Waals surface area contributed by atoms with Gasteiger partial charge in [0.1, 0.15) is 5.01 Å². The number of esters is 1. The molecule has 1 aromatic carbocycles. The summed E-state index contributed by atoms with van der Waals surface area (Å²) >= 11 is 1.72. The fourth-order valence-electron chi connectivity index (χ4n) is 2.16. The van der Waals surface area contributed by atoms with Crippen molar-refractivity contribution in [2.75, 3.05) is 7.11 Å². The normalized spacial score (nSPS) is 10.6. The Morgan fingerprint density at radius 1 is 1.29 bits per heavy atom. The number of hydrogen-bond donors (Lipinski definition) is 0. The average molecular weight is 303 g/mol. The highest BCUT2D eigenvalue weighted by Gasteiger charge is 2.10. The van der Waals surface area contributed by atoms with Crippen molar-refractivity contribution in [2.45, 2.75) is 39.5 Å². The zero-order chi connectivity index (χ0) is 15.2. The predicted octanol–water partition coefficient (Wildman–Crippen LogP) is 4.18. The molecule has 4 heteroatoms. The van der Waals surface area contributed by atoms with Crippen LogP contribution in [-0.2, 0) is 22.4 Å². The third kappa shape index (κ3) is 4.14. The molecule has 0 saturated carbocycles. The van der Waals surface area contributed by atoms with E-state index in [0.717, 1.165) is 30.0 Å². The van der Waals surface area contributed by atoms with Crippen LogP contribution in [0.15, 0.2) is 24.3 Å². The zero-order valence-corrected chi connectivity index (χ0v) is 13.6. The number of benzene rings is 1. The number of carbonyl (C=O) groups is 1. The Kier molecular flexibility index (Phi) is 5.51. The van der Waals surface area contributed by atoms with E-state index in [1.807, 2.05) is 6.92 Å². The van der Waals surface area contributed by atoms with E-state index >= 15 is 0 Å². The van der Waals surface area contributed by atoms with Crippen LogP contribution >= 0.6 is 11.3 Å². The molecule has 1 aromatic heterocycles. The van der Waals surface area contributed by atoms with Crippen LogP contribution in [-0.4, -0.2) is 18.1 Å². The quantitative estimate of drug-likeness (QED) is 0.752. The highest BCUT2D eigenvalue weighted by Crippen LogP contribution is 2.29. The minimum Gasteiger partial charge on any atom is -0.469 e. The molecule has 0 aliphatic carbocycles. The second kappa shape index (κ2) is 7.36. The van der Waals surface area contributed by atoms with Crippen LogP contribution in [0.25, 0.3) is 10.6 Å². The lowest BCUT2D eigenvalue weighted by atomic mass is 10.1. The number of thiazole rings is 1. The lowest BCUT2D eigenvalue weighted by molar-refractivity contribution is -0.140. The number of hydrogen-bond acceptors (Lipinski definition) is 4. The first kappa shape index (κ1) is 15.7. The minimum atomic E-state index is -0.146. The average Bonchev–Trinajstić information content (AvgIpc) is 2.88. The summed E-state index contributed by atoms with van der Waals surface area (Å²) in [6.07, 6.45) is 3.21. The van der Waals surface area contributed by atoms with Crippen molar-refractivity contribution in [3.63, 3.8) is 0 Å². The van der Waals surface area contributed by atoms with Crippen molar-refractivity contribution in [1.29, 1.82) is 0 Å². The summed E-state index contributed by atoms with van der Waals surface area (Å²) in [6, 6.07) is 8.58. The Bertz CT molecular complexity index is 602. The summed E-state index contributed by atoms with van der Waals surface area (Å²) in [5.41, 5.74) is 3.57. The van der Waals surface area contributed by atoms with Crippen molar-refractivity contribution in [2.24, 2.45) is 0 Å². The topological polar surface area (TPSA) is 39.2 Å². The van der Waals surface area contributed by atoms with Gasteiger partial charge in [0.05, 0.1) is 12.8 Å². The second-order valence-corrected chi connectivity index (χ2v) is 6.09. The van der Waals surface area contributed by atoms with E-state index in [2.05, 4.69) is 40.9 Å². The van der Waals surface area contributed by atoms with Crippen molar-refractivity contribution in [1.82, 2.24) is 4.98 Å². The fourth-order valence-corrected chi connectivity index (χ4v) is 3.27. The van der Waals surface area contributed by atoms with Crippen LogP contribution < -0.4 is 0 Å². The molecule has 0 radical (unpaired) electrons. The van der Waals surface area contributed by atoms with Crippen LogP contribution in [0.1, 0.15) is 35.9 Å². The molecule has 0 aliphatic rings. The van der Waals surface area contributed by atoms with Crippen molar-refractivity contribution < 1.29 is 9.53 Å². The van der Waals surface area contributed by atoms with Gasteiger partial charge in [0, 0.05) is 16.9 Å². The maximum Gasteiger partial charge on any atom is 0.305 e. The number of rotatable bonds is 6. The van der Waals surface area contributed by atoms with Crippen molar-refractivity contribution >= 4 is 17.3 Å². The first-order valence-corrected chi connectivity index (χ1v) is 8.08. The molecule has 2 aromatic rings. The van der Waals surface area contributed by atoms with Gasteiger partial charge in [-0.25, -0.2) is 4.98 Å². The van der Waals surface area contributed by atoms with Gasteiger partial charge in [0.2, 0.25) is 0 Å². The third-order valence-electron chi connectivity index (χ3n) is 3.51.